The molecule has 13 heteroatoms. The summed E-state index contributed by atoms with van der Waals surface area (Å²) in [5.41, 5.74) is 1.08. The van der Waals surface area contributed by atoms with Crippen LogP contribution < -0.4 is 10.6 Å². The summed E-state index contributed by atoms with van der Waals surface area (Å²) < 4.78 is 8.39. The number of nitrogens with zero attached hydrogens (tertiary/aromatic N) is 6. The summed E-state index contributed by atoms with van der Waals surface area (Å²) in [5.74, 6) is 0.293. The van der Waals surface area contributed by atoms with E-state index in [-0.39, 0.29) is 11.9 Å². The molecule has 3 aromatic heterocycles. The summed E-state index contributed by atoms with van der Waals surface area (Å²) in [6.07, 6.45) is -0.164. The third-order valence-corrected chi connectivity index (χ3v) is 4.82. The van der Waals surface area contributed by atoms with Gasteiger partial charge in [0.15, 0.2) is 23.2 Å². The molecule has 3 aromatic rings. The SMILES string of the molecule is CCNC(=O)c1cnn(-c2nc(NC)c3ncn([C@@H]4O[C@H](CO)[C@@H](O)[C@H]4O)c3n2)c1. The Morgan fingerprint density at radius 2 is 2.10 bits per heavy atom. The minimum atomic E-state index is -1.29. The molecule has 0 saturated carbocycles. The van der Waals surface area contributed by atoms with Crippen LogP contribution in [0.2, 0.25) is 0 Å². The second-order valence-corrected chi connectivity index (χ2v) is 6.71. The molecule has 160 valence electrons. The van der Waals surface area contributed by atoms with E-state index in [1.807, 2.05) is 6.92 Å². The van der Waals surface area contributed by atoms with Gasteiger partial charge in [0.2, 0.25) is 0 Å². The quantitative estimate of drug-likeness (QED) is 0.314. The molecule has 0 unspecified atom stereocenters. The van der Waals surface area contributed by atoms with Crippen LogP contribution in [0, 0.1) is 0 Å². The number of rotatable bonds is 6. The van der Waals surface area contributed by atoms with E-state index in [2.05, 4.69) is 30.7 Å². The standard InChI is InChI=1S/C17H22N8O5/c1-3-19-15(29)8-4-21-25(5-8)17-22-13(18-2)10-14(23-17)24(7-20-10)16-12(28)11(27)9(6-26)30-16/h4-5,7,9,11-12,16,26-28H,3,6H2,1-2H3,(H,19,29)(H,18,22,23)/t9-,11-,12-,16-/m1/s1. The minimum Gasteiger partial charge on any atom is -0.394 e. The highest BCUT2D eigenvalue weighted by atomic mass is 16.6. The largest absolute Gasteiger partial charge is 0.394 e. The fourth-order valence-electron chi connectivity index (χ4n) is 3.29. The molecule has 30 heavy (non-hydrogen) atoms. The van der Waals surface area contributed by atoms with Gasteiger partial charge in [-0.05, 0) is 6.92 Å². The van der Waals surface area contributed by atoms with Gasteiger partial charge in [-0.3, -0.25) is 9.36 Å². The maximum atomic E-state index is 12.0. The Hall–Kier alpha value is -3.13. The van der Waals surface area contributed by atoms with Crippen molar-refractivity contribution in [2.75, 3.05) is 25.5 Å². The molecular weight excluding hydrogens is 396 g/mol. The number of aliphatic hydroxyl groups is 3. The van der Waals surface area contributed by atoms with Crippen LogP contribution in [-0.4, -0.2) is 89.0 Å². The number of ether oxygens (including phenoxy) is 1. The van der Waals surface area contributed by atoms with Crippen LogP contribution in [-0.2, 0) is 4.74 Å². The Kier molecular flexibility index (Phi) is 5.34. The average Bonchev–Trinajstić information content (AvgIpc) is 3.46. The number of imidazole rings is 1. The number of carbonyl (C=O) groups excluding carboxylic acids is 1. The maximum absolute atomic E-state index is 12.0. The van der Waals surface area contributed by atoms with Crippen LogP contribution in [0.1, 0.15) is 23.5 Å². The first-order valence-electron chi connectivity index (χ1n) is 9.36. The lowest BCUT2D eigenvalue weighted by atomic mass is 10.1. The van der Waals surface area contributed by atoms with Gasteiger partial charge in [0, 0.05) is 19.8 Å². The van der Waals surface area contributed by atoms with Crippen molar-refractivity contribution >= 4 is 22.9 Å². The van der Waals surface area contributed by atoms with E-state index >= 15 is 0 Å². The number of aliphatic hydroxyl groups excluding tert-OH is 3. The van der Waals surface area contributed by atoms with Gasteiger partial charge in [0.25, 0.3) is 11.9 Å². The molecule has 13 nitrogen and oxygen atoms in total. The minimum absolute atomic E-state index is 0.163. The second-order valence-electron chi connectivity index (χ2n) is 6.71. The molecule has 1 amide bonds. The Bertz CT molecular complexity index is 1070. The normalized spacial score (nSPS) is 23.8. The molecule has 4 rings (SSSR count). The molecule has 0 aromatic carbocycles. The zero-order chi connectivity index (χ0) is 21.4. The predicted molar refractivity (Wildman–Crippen MR) is 103 cm³/mol. The zero-order valence-electron chi connectivity index (χ0n) is 16.3. The van der Waals surface area contributed by atoms with Crippen molar-refractivity contribution in [3.8, 4) is 5.95 Å². The van der Waals surface area contributed by atoms with Crippen LogP contribution in [0.25, 0.3) is 17.1 Å². The van der Waals surface area contributed by atoms with E-state index in [0.717, 1.165) is 0 Å². The van der Waals surface area contributed by atoms with Gasteiger partial charge in [-0.1, -0.05) is 0 Å². The summed E-state index contributed by atoms with van der Waals surface area (Å²) >= 11 is 0. The molecule has 4 heterocycles. The molecule has 0 bridgehead atoms. The Morgan fingerprint density at radius 3 is 2.77 bits per heavy atom. The number of hydrogen-bond donors (Lipinski definition) is 5. The second kappa shape index (κ2) is 7.95. The lowest BCUT2D eigenvalue weighted by Gasteiger charge is -2.17. The van der Waals surface area contributed by atoms with Crippen molar-refractivity contribution in [2.24, 2.45) is 0 Å². The van der Waals surface area contributed by atoms with Crippen LogP contribution in [0.15, 0.2) is 18.7 Å². The summed E-state index contributed by atoms with van der Waals surface area (Å²) in [7, 11) is 1.67. The van der Waals surface area contributed by atoms with E-state index in [1.165, 1.54) is 28.0 Å². The molecule has 0 aliphatic carbocycles. The van der Waals surface area contributed by atoms with E-state index < -0.39 is 31.1 Å². The van der Waals surface area contributed by atoms with Crippen molar-refractivity contribution in [3.63, 3.8) is 0 Å². The van der Waals surface area contributed by atoms with Crippen molar-refractivity contribution in [1.82, 2.24) is 34.6 Å². The number of carbonyl (C=O) groups is 1. The van der Waals surface area contributed by atoms with Gasteiger partial charge < -0.3 is 30.7 Å². The van der Waals surface area contributed by atoms with Gasteiger partial charge in [0.05, 0.1) is 24.7 Å². The Balaban J connectivity index is 1.77. The number of amides is 1. The molecule has 5 N–H and O–H groups in total. The molecule has 4 atom stereocenters. The summed E-state index contributed by atoms with van der Waals surface area (Å²) in [6.45, 7) is 1.86. The fraction of sp³-hybridized carbons (Fsp3) is 0.471. The number of fused-ring (bicyclic) bond motifs is 1. The molecule has 1 fully saturated rings. The maximum Gasteiger partial charge on any atom is 0.254 e. The number of hydrogen-bond acceptors (Lipinski definition) is 10. The van der Waals surface area contributed by atoms with Gasteiger partial charge in [-0.25, -0.2) is 9.67 Å². The lowest BCUT2D eigenvalue weighted by Crippen LogP contribution is -2.33. The molecular formula is C17H22N8O5. The first kappa shape index (κ1) is 20.2. The van der Waals surface area contributed by atoms with Gasteiger partial charge in [0.1, 0.15) is 18.3 Å². The van der Waals surface area contributed by atoms with Gasteiger partial charge in [-0.2, -0.15) is 15.1 Å². The highest BCUT2D eigenvalue weighted by molar-refractivity contribution is 5.93. The van der Waals surface area contributed by atoms with Crippen LogP contribution in [0.5, 0.6) is 0 Å². The smallest absolute Gasteiger partial charge is 0.254 e. The first-order valence-corrected chi connectivity index (χ1v) is 9.36. The molecule has 1 aliphatic heterocycles. The molecule has 0 radical (unpaired) electrons. The third-order valence-electron chi connectivity index (χ3n) is 4.82. The molecule has 1 aliphatic rings. The average molecular weight is 418 g/mol. The van der Waals surface area contributed by atoms with E-state index in [0.29, 0.717) is 29.1 Å². The number of anilines is 1. The zero-order valence-corrected chi connectivity index (χ0v) is 16.3. The summed E-state index contributed by atoms with van der Waals surface area (Å²) in [4.78, 5) is 25.2. The Labute approximate surface area is 170 Å². The van der Waals surface area contributed by atoms with Crippen LogP contribution in [0.4, 0.5) is 5.82 Å². The number of aromatic nitrogens is 6. The molecule has 0 spiro atoms. The predicted octanol–water partition coefficient (Wildman–Crippen LogP) is -1.59. The van der Waals surface area contributed by atoms with E-state index in [1.54, 1.807) is 7.05 Å². The van der Waals surface area contributed by atoms with Gasteiger partial charge >= 0.3 is 0 Å². The van der Waals surface area contributed by atoms with E-state index in [4.69, 9.17) is 4.74 Å². The highest BCUT2D eigenvalue weighted by Gasteiger charge is 2.44. The summed E-state index contributed by atoms with van der Waals surface area (Å²) in [5, 5.41) is 39.6. The number of nitrogens with one attached hydrogen (secondary N) is 2. The highest BCUT2D eigenvalue weighted by Crippen LogP contribution is 2.32. The fourth-order valence-corrected chi connectivity index (χ4v) is 3.29. The van der Waals surface area contributed by atoms with Crippen molar-refractivity contribution in [3.05, 3.63) is 24.3 Å². The van der Waals surface area contributed by atoms with Crippen molar-refractivity contribution in [2.45, 2.75) is 31.5 Å². The first-order chi connectivity index (χ1) is 14.5. The monoisotopic (exact) mass is 418 g/mol. The lowest BCUT2D eigenvalue weighted by molar-refractivity contribution is -0.0511. The topological polar surface area (TPSA) is 172 Å². The molecule has 1 saturated heterocycles. The summed E-state index contributed by atoms with van der Waals surface area (Å²) in [6, 6.07) is 0. The van der Waals surface area contributed by atoms with Crippen molar-refractivity contribution < 1.29 is 24.9 Å². The van der Waals surface area contributed by atoms with E-state index in [9.17, 15) is 20.1 Å². The van der Waals surface area contributed by atoms with Crippen LogP contribution >= 0.6 is 0 Å². The third kappa shape index (κ3) is 3.27. The van der Waals surface area contributed by atoms with Crippen LogP contribution in [0.3, 0.4) is 0 Å². The Morgan fingerprint density at radius 1 is 1.30 bits per heavy atom. The van der Waals surface area contributed by atoms with Crippen molar-refractivity contribution in [1.29, 1.82) is 0 Å². The van der Waals surface area contributed by atoms with Gasteiger partial charge in [-0.15, -0.1) is 0 Å².